The van der Waals surface area contributed by atoms with Gasteiger partial charge in [-0.25, -0.2) is 4.98 Å². The molecule has 0 spiro atoms. The molecule has 0 saturated heterocycles. The number of carbonyl (C=O) groups is 2. The Labute approximate surface area is 163 Å². The third-order valence-corrected chi connectivity index (χ3v) is 7.09. The van der Waals surface area contributed by atoms with Gasteiger partial charge in [0.2, 0.25) is 11.8 Å². The number of aromatic nitrogens is 1. The van der Waals surface area contributed by atoms with E-state index in [-0.39, 0.29) is 18.2 Å². The molecular weight excluding hydrogens is 366 g/mol. The van der Waals surface area contributed by atoms with E-state index in [4.69, 9.17) is 4.98 Å². The molecule has 26 heavy (non-hydrogen) atoms. The Kier molecular flexibility index (Phi) is 7.06. The van der Waals surface area contributed by atoms with E-state index in [9.17, 15) is 9.59 Å². The molecule has 0 bridgehead atoms. The van der Waals surface area contributed by atoms with Crippen molar-refractivity contribution in [2.45, 2.75) is 57.6 Å². The lowest BCUT2D eigenvalue weighted by molar-refractivity contribution is -0.125. The number of rotatable bonds is 7. The number of carbonyl (C=O) groups excluding carboxylic acids is 2. The van der Waals surface area contributed by atoms with E-state index >= 15 is 0 Å². The van der Waals surface area contributed by atoms with Crippen molar-refractivity contribution in [1.82, 2.24) is 15.6 Å². The molecule has 7 heteroatoms. The molecule has 0 radical (unpaired) electrons. The molecule has 1 heterocycles. The minimum Gasteiger partial charge on any atom is -0.356 e. The van der Waals surface area contributed by atoms with Gasteiger partial charge in [-0.1, -0.05) is 11.8 Å². The van der Waals surface area contributed by atoms with Crippen LogP contribution >= 0.6 is 23.1 Å². The van der Waals surface area contributed by atoms with Gasteiger partial charge in [-0.15, -0.1) is 11.3 Å². The smallest absolute Gasteiger partial charge is 0.234 e. The van der Waals surface area contributed by atoms with E-state index in [1.807, 2.05) is 13.8 Å². The molecule has 2 aromatic rings. The van der Waals surface area contributed by atoms with Crippen molar-refractivity contribution in [3.05, 3.63) is 22.3 Å². The number of thioether (sulfide) groups is 1. The first-order chi connectivity index (χ1) is 12.3. The van der Waals surface area contributed by atoms with E-state index in [0.29, 0.717) is 13.1 Å². The van der Waals surface area contributed by atoms with Crippen LogP contribution in [0.15, 0.2) is 4.34 Å². The number of aryl methyl sites for hydroxylation is 2. The summed E-state index contributed by atoms with van der Waals surface area (Å²) in [6, 6.07) is 0. The van der Waals surface area contributed by atoms with Gasteiger partial charge in [0.15, 0.2) is 4.34 Å². The Morgan fingerprint density at radius 3 is 2.23 bits per heavy atom. The second kappa shape index (κ2) is 8.86. The van der Waals surface area contributed by atoms with Crippen molar-refractivity contribution < 1.29 is 9.59 Å². The minimum atomic E-state index is -0.482. The monoisotopic (exact) mass is 393 g/mol. The fourth-order valence-corrected chi connectivity index (χ4v) is 5.32. The Balaban J connectivity index is 2.35. The molecule has 1 aromatic heterocycles. The molecule has 0 aliphatic heterocycles. The van der Waals surface area contributed by atoms with E-state index < -0.39 is 5.25 Å². The van der Waals surface area contributed by atoms with Gasteiger partial charge in [-0.2, -0.15) is 0 Å². The summed E-state index contributed by atoms with van der Waals surface area (Å²) in [6.07, 6.45) is 0.149. The van der Waals surface area contributed by atoms with Crippen molar-refractivity contribution >= 4 is 45.1 Å². The van der Waals surface area contributed by atoms with Crippen molar-refractivity contribution in [3.8, 4) is 0 Å². The predicted octanol–water partition coefficient (Wildman–Crippen LogP) is 3.65. The summed E-state index contributed by atoms with van der Waals surface area (Å²) in [5, 5.41) is 5.11. The van der Waals surface area contributed by atoms with Crippen LogP contribution in [0.3, 0.4) is 0 Å². The van der Waals surface area contributed by atoms with Crippen LogP contribution in [0.4, 0.5) is 0 Å². The van der Waals surface area contributed by atoms with E-state index in [1.165, 1.54) is 38.7 Å². The van der Waals surface area contributed by atoms with Crippen LogP contribution in [0.1, 0.15) is 42.5 Å². The van der Waals surface area contributed by atoms with Crippen LogP contribution in [0.2, 0.25) is 0 Å². The second-order valence-corrected chi connectivity index (χ2v) is 8.77. The first-order valence-corrected chi connectivity index (χ1v) is 10.6. The quantitative estimate of drug-likeness (QED) is 0.705. The lowest BCUT2D eigenvalue weighted by atomic mass is 9.99. The Bertz CT molecular complexity index is 785. The van der Waals surface area contributed by atoms with Crippen molar-refractivity contribution in [2.75, 3.05) is 13.1 Å². The maximum absolute atomic E-state index is 12.4. The topological polar surface area (TPSA) is 71.1 Å². The van der Waals surface area contributed by atoms with Gasteiger partial charge in [-0.3, -0.25) is 9.59 Å². The van der Waals surface area contributed by atoms with Crippen LogP contribution in [0.5, 0.6) is 0 Å². The summed E-state index contributed by atoms with van der Waals surface area (Å²) in [5.74, 6) is -0.236. The summed E-state index contributed by atoms with van der Waals surface area (Å²) in [7, 11) is 0. The number of hydrogen-bond donors (Lipinski definition) is 2. The van der Waals surface area contributed by atoms with E-state index in [0.717, 1.165) is 9.86 Å². The van der Waals surface area contributed by atoms with Gasteiger partial charge in [0.1, 0.15) is 0 Å². The van der Waals surface area contributed by atoms with Gasteiger partial charge in [0.25, 0.3) is 0 Å². The number of benzene rings is 1. The number of thiazole rings is 1. The fraction of sp³-hybridized carbons (Fsp3) is 0.526. The van der Waals surface area contributed by atoms with Gasteiger partial charge in [0.05, 0.1) is 15.5 Å². The third-order valence-electron chi connectivity index (χ3n) is 4.62. The maximum atomic E-state index is 12.4. The first-order valence-electron chi connectivity index (χ1n) is 8.88. The van der Waals surface area contributed by atoms with Gasteiger partial charge in [0, 0.05) is 19.5 Å². The molecular formula is C19H27N3O2S2. The lowest BCUT2D eigenvalue weighted by Gasteiger charge is -2.14. The summed E-state index contributed by atoms with van der Waals surface area (Å²) >= 11 is 2.99. The molecule has 0 fully saturated rings. The third kappa shape index (κ3) is 4.38. The van der Waals surface area contributed by atoms with E-state index in [2.05, 4.69) is 38.3 Å². The minimum absolute atomic E-state index is 0.114. The van der Waals surface area contributed by atoms with Gasteiger partial charge >= 0.3 is 0 Å². The summed E-state index contributed by atoms with van der Waals surface area (Å²) in [4.78, 5) is 29.2. The zero-order valence-electron chi connectivity index (χ0n) is 16.3. The van der Waals surface area contributed by atoms with Crippen LogP contribution in [-0.4, -0.2) is 35.1 Å². The molecule has 1 unspecified atom stereocenters. The second-order valence-electron chi connectivity index (χ2n) is 6.32. The van der Waals surface area contributed by atoms with Crippen molar-refractivity contribution in [3.63, 3.8) is 0 Å². The van der Waals surface area contributed by atoms with E-state index in [1.54, 1.807) is 11.3 Å². The number of amides is 2. The Morgan fingerprint density at radius 2 is 1.62 bits per heavy atom. The fourth-order valence-electron chi connectivity index (χ4n) is 2.81. The number of hydrogen-bond acceptors (Lipinski definition) is 5. The number of fused-ring (bicyclic) bond motifs is 1. The van der Waals surface area contributed by atoms with Crippen molar-refractivity contribution in [1.29, 1.82) is 0 Å². The number of nitrogens with zero attached hydrogens (tertiary/aromatic N) is 1. The largest absolute Gasteiger partial charge is 0.356 e. The SMILES string of the molecule is CCNC(=O)CC(Sc1nc2c(C)c(C)c(C)c(C)c2s1)C(=O)NCC. The van der Waals surface area contributed by atoms with Crippen LogP contribution < -0.4 is 10.6 Å². The molecule has 2 amide bonds. The zero-order valence-corrected chi connectivity index (χ0v) is 17.9. The molecule has 2 N–H and O–H groups in total. The Morgan fingerprint density at radius 1 is 1.00 bits per heavy atom. The number of nitrogens with one attached hydrogen (secondary N) is 2. The summed E-state index contributed by atoms with van der Waals surface area (Å²) in [6.45, 7) is 13.3. The highest BCUT2D eigenvalue weighted by Crippen LogP contribution is 2.38. The average molecular weight is 394 g/mol. The highest BCUT2D eigenvalue weighted by atomic mass is 32.2. The first kappa shape index (κ1) is 20.7. The molecule has 2 rings (SSSR count). The molecule has 0 aliphatic rings. The average Bonchev–Trinajstić information content (AvgIpc) is 3.02. The highest BCUT2D eigenvalue weighted by Gasteiger charge is 2.25. The molecule has 1 atom stereocenters. The van der Waals surface area contributed by atoms with Crippen LogP contribution in [0, 0.1) is 27.7 Å². The predicted molar refractivity (Wildman–Crippen MR) is 110 cm³/mol. The highest BCUT2D eigenvalue weighted by molar-refractivity contribution is 8.02. The molecule has 142 valence electrons. The molecule has 0 aliphatic carbocycles. The summed E-state index contributed by atoms with van der Waals surface area (Å²) in [5.41, 5.74) is 5.98. The van der Waals surface area contributed by atoms with Crippen molar-refractivity contribution in [2.24, 2.45) is 0 Å². The standard InChI is InChI=1S/C19H27N3O2S2/c1-7-20-15(23)9-14(18(24)21-8-2)25-19-22-16-12(5)10(3)11(4)13(6)17(16)26-19/h14H,7-9H2,1-6H3,(H,20,23)(H,21,24). The van der Waals surface area contributed by atoms with Gasteiger partial charge in [-0.05, 0) is 63.8 Å². The maximum Gasteiger partial charge on any atom is 0.234 e. The lowest BCUT2D eigenvalue weighted by Crippen LogP contribution is -2.36. The zero-order chi connectivity index (χ0) is 19.4. The summed E-state index contributed by atoms with van der Waals surface area (Å²) < 4.78 is 2.00. The molecule has 0 saturated carbocycles. The van der Waals surface area contributed by atoms with Gasteiger partial charge < -0.3 is 10.6 Å². The molecule has 1 aromatic carbocycles. The van der Waals surface area contributed by atoms with Crippen LogP contribution in [-0.2, 0) is 9.59 Å². The normalized spacial score (nSPS) is 12.2. The Hall–Kier alpha value is -1.60. The van der Waals surface area contributed by atoms with Crippen LogP contribution in [0.25, 0.3) is 10.2 Å². The molecule has 5 nitrogen and oxygen atoms in total.